The van der Waals surface area contributed by atoms with Crippen LogP contribution in [-0.2, 0) is 6.54 Å². The zero-order valence-electron chi connectivity index (χ0n) is 13.8. The van der Waals surface area contributed by atoms with Crippen molar-refractivity contribution in [2.45, 2.75) is 6.54 Å². The predicted octanol–water partition coefficient (Wildman–Crippen LogP) is 4.56. The van der Waals surface area contributed by atoms with Gasteiger partial charge in [-0.3, -0.25) is 9.89 Å². The molecule has 0 unspecified atom stereocenters. The molecule has 1 amide bonds. The third kappa shape index (κ3) is 3.06. The van der Waals surface area contributed by atoms with Gasteiger partial charge in [0.25, 0.3) is 5.91 Å². The fourth-order valence-electron chi connectivity index (χ4n) is 2.86. The van der Waals surface area contributed by atoms with Gasteiger partial charge in [-0.15, -0.1) is 11.3 Å². The molecule has 0 bridgehead atoms. The van der Waals surface area contributed by atoms with Gasteiger partial charge in [0.15, 0.2) is 0 Å². The van der Waals surface area contributed by atoms with Gasteiger partial charge in [-0.1, -0.05) is 60.7 Å². The van der Waals surface area contributed by atoms with Crippen molar-refractivity contribution in [3.8, 4) is 11.3 Å². The molecule has 4 rings (SSSR count). The molecule has 2 aromatic carbocycles. The van der Waals surface area contributed by atoms with Gasteiger partial charge in [-0.05, 0) is 11.6 Å². The van der Waals surface area contributed by atoms with Crippen molar-refractivity contribution in [1.29, 1.82) is 0 Å². The van der Waals surface area contributed by atoms with Gasteiger partial charge in [-0.2, -0.15) is 5.10 Å². The van der Waals surface area contributed by atoms with Gasteiger partial charge >= 0.3 is 0 Å². The van der Waals surface area contributed by atoms with Gasteiger partial charge < -0.3 is 4.90 Å². The number of H-pyrrole nitrogens is 1. The highest BCUT2D eigenvalue weighted by Gasteiger charge is 2.18. The molecule has 0 aliphatic rings. The molecule has 4 aromatic rings. The Labute approximate surface area is 149 Å². The lowest BCUT2D eigenvalue weighted by atomic mass is 10.1. The highest BCUT2D eigenvalue weighted by atomic mass is 32.1. The van der Waals surface area contributed by atoms with E-state index in [1.165, 1.54) is 11.3 Å². The van der Waals surface area contributed by atoms with Crippen LogP contribution in [0, 0.1) is 0 Å². The van der Waals surface area contributed by atoms with Gasteiger partial charge in [0.1, 0.15) is 4.83 Å². The Balaban J connectivity index is 1.61. The topological polar surface area (TPSA) is 49.0 Å². The minimum absolute atomic E-state index is 0.0193. The summed E-state index contributed by atoms with van der Waals surface area (Å²) in [5, 5.41) is 8.44. The van der Waals surface area contributed by atoms with E-state index in [9.17, 15) is 4.79 Å². The molecule has 0 aliphatic carbocycles. The van der Waals surface area contributed by atoms with E-state index >= 15 is 0 Å². The lowest BCUT2D eigenvalue weighted by molar-refractivity contribution is 0.0790. The highest BCUT2D eigenvalue weighted by molar-refractivity contribution is 7.20. The smallest absolute Gasteiger partial charge is 0.264 e. The third-order valence-electron chi connectivity index (χ3n) is 4.13. The van der Waals surface area contributed by atoms with Gasteiger partial charge in [0, 0.05) is 24.5 Å². The zero-order chi connectivity index (χ0) is 17.2. The maximum absolute atomic E-state index is 12.8. The number of aromatic amines is 1. The average molecular weight is 347 g/mol. The van der Waals surface area contributed by atoms with E-state index in [1.807, 2.05) is 73.8 Å². The summed E-state index contributed by atoms with van der Waals surface area (Å²) < 4.78 is 0. The molecule has 2 heterocycles. The maximum atomic E-state index is 12.8. The van der Waals surface area contributed by atoms with E-state index in [2.05, 4.69) is 10.2 Å². The Kier molecular flexibility index (Phi) is 4.07. The van der Waals surface area contributed by atoms with E-state index in [1.54, 1.807) is 4.90 Å². The lowest BCUT2D eigenvalue weighted by Crippen LogP contribution is -2.25. The SMILES string of the molecule is CN(Cc1ccccc1)C(=O)c1cc2c(-c3ccccc3)[nH]nc2s1. The molecule has 4 nitrogen and oxygen atoms in total. The molecular weight excluding hydrogens is 330 g/mol. The summed E-state index contributed by atoms with van der Waals surface area (Å²) in [5.74, 6) is 0.0193. The van der Waals surface area contributed by atoms with Crippen LogP contribution in [0.3, 0.4) is 0 Å². The van der Waals surface area contributed by atoms with Crippen LogP contribution in [0.25, 0.3) is 21.5 Å². The summed E-state index contributed by atoms with van der Waals surface area (Å²) in [6.45, 7) is 0.590. The number of thiophene rings is 1. The summed E-state index contributed by atoms with van der Waals surface area (Å²) in [6, 6.07) is 22.0. The quantitative estimate of drug-likeness (QED) is 0.588. The number of rotatable bonds is 4. The van der Waals surface area contributed by atoms with Crippen LogP contribution >= 0.6 is 11.3 Å². The molecular formula is C20H17N3OS. The van der Waals surface area contributed by atoms with Crippen molar-refractivity contribution in [1.82, 2.24) is 15.1 Å². The van der Waals surface area contributed by atoms with Crippen LogP contribution in [-0.4, -0.2) is 28.1 Å². The van der Waals surface area contributed by atoms with Crippen LogP contribution in [0.15, 0.2) is 66.7 Å². The number of fused-ring (bicyclic) bond motifs is 1. The van der Waals surface area contributed by atoms with Crippen LogP contribution in [0.2, 0.25) is 0 Å². The fraction of sp³-hybridized carbons (Fsp3) is 0.100. The first-order chi connectivity index (χ1) is 12.2. The standard InChI is InChI=1S/C20H17N3OS/c1-23(13-14-8-4-2-5-9-14)20(24)17-12-16-18(21-22-19(16)25-17)15-10-6-3-7-11-15/h2-12H,13H2,1H3,(H,21,22). The molecule has 25 heavy (non-hydrogen) atoms. The number of nitrogens with zero attached hydrogens (tertiary/aromatic N) is 2. The van der Waals surface area contributed by atoms with Crippen molar-refractivity contribution >= 4 is 27.5 Å². The second kappa shape index (κ2) is 6.53. The van der Waals surface area contributed by atoms with Gasteiger partial charge in [0.05, 0.1) is 10.6 Å². The van der Waals surface area contributed by atoms with Gasteiger partial charge in [-0.25, -0.2) is 0 Å². The first kappa shape index (κ1) is 15.6. The normalized spacial score (nSPS) is 10.9. The molecule has 0 spiro atoms. The minimum atomic E-state index is 0.0193. The molecule has 2 aromatic heterocycles. The largest absolute Gasteiger partial charge is 0.337 e. The van der Waals surface area contributed by atoms with E-state index in [0.29, 0.717) is 11.4 Å². The third-order valence-corrected chi connectivity index (χ3v) is 5.15. The van der Waals surface area contributed by atoms with Crippen molar-refractivity contribution in [2.75, 3.05) is 7.05 Å². The summed E-state index contributed by atoms with van der Waals surface area (Å²) in [5.41, 5.74) is 3.14. The Hall–Kier alpha value is -2.92. The molecule has 0 saturated carbocycles. The second-order valence-corrected chi connectivity index (χ2v) is 6.97. The average Bonchev–Trinajstić information content (AvgIpc) is 3.23. The molecule has 0 radical (unpaired) electrons. The molecule has 5 heteroatoms. The number of benzene rings is 2. The fourth-order valence-corrected chi connectivity index (χ4v) is 3.85. The van der Waals surface area contributed by atoms with E-state index < -0.39 is 0 Å². The van der Waals surface area contributed by atoms with E-state index in [0.717, 1.165) is 27.0 Å². The highest BCUT2D eigenvalue weighted by Crippen LogP contribution is 2.32. The number of carbonyl (C=O) groups is 1. The summed E-state index contributed by atoms with van der Waals surface area (Å²) in [7, 11) is 1.83. The second-order valence-electron chi connectivity index (χ2n) is 5.94. The van der Waals surface area contributed by atoms with E-state index in [-0.39, 0.29) is 5.91 Å². The molecule has 1 N–H and O–H groups in total. The van der Waals surface area contributed by atoms with Crippen molar-refractivity contribution < 1.29 is 4.79 Å². The number of amides is 1. The molecule has 0 atom stereocenters. The first-order valence-electron chi connectivity index (χ1n) is 8.05. The maximum Gasteiger partial charge on any atom is 0.264 e. The van der Waals surface area contributed by atoms with Crippen molar-refractivity contribution in [3.63, 3.8) is 0 Å². The Morgan fingerprint density at radius 2 is 1.76 bits per heavy atom. The number of aromatic nitrogens is 2. The molecule has 0 saturated heterocycles. The summed E-state index contributed by atoms with van der Waals surface area (Å²) in [6.07, 6.45) is 0. The lowest BCUT2D eigenvalue weighted by Gasteiger charge is -2.16. The Bertz CT molecular complexity index is 1010. The first-order valence-corrected chi connectivity index (χ1v) is 8.87. The summed E-state index contributed by atoms with van der Waals surface area (Å²) in [4.78, 5) is 16.1. The minimum Gasteiger partial charge on any atom is -0.337 e. The monoisotopic (exact) mass is 347 g/mol. The van der Waals surface area contributed by atoms with Crippen LogP contribution < -0.4 is 0 Å². The number of hydrogen-bond donors (Lipinski definition) is 1. The van der Waals surface area contributed by atoms with Crippen molar-refractivity contribution in [3.05, 3.63) is 77.2 Å². The number of hydrogen-bond acceptors (Lipinski definition) is 3. The summed E-state index contributed by atoms with van der Waals surface area (Å²) >= 11 is 1.43. The molecule has 0 aliphatic heterocycles. The van der Waals surface area contributed by atoms with Crippen molar-refractivity contribution in [2.24, 2.45) is 0 Å². The Morgan fingerprint density at radius 1 is 1.08 bits per heavy atom. The van der Waals surface area contributed by atoms with Crippen LogP contribution in [0.5, 0.6) is 0 Å². The van der Waals surface area contributed by atoms with E-state index in [4.69, 9.17) is 0 Å². The zero-order valence-corrected chi connectivity index (χ0v) is 14.6. The predicted molar refractivity (Wildman–Crippen MR) is 102 cm³/mol. The van der Waals surface area contributed by atoms with Crippen LogP contribution in [0.1, 0.15) is 15.2 Å². The number of nitrogens with one attached hydrogen (secondary N) is 1. The van der Waals surface area contributed by atoms with Crippen LogP contribution in [0.4, 0.5) is 0 Å². The molecule has 0 fully saturated rings. The number of carbonyl (C=O) groups excluding carboxylic acids is 1. The molecule has 124 valence electrons. The Morgan fingerprint density at radius 3 is 2.48 bits per heavy atom. The van der Waals surface area contributed by atoms with Gasteiger partial charge in [0.2, 0.25) is 0 Å².